The van der Waals surface area contributed by atoms with Crippen LogP contribution in [0, 0.1) is 13.8 Å². The molecule has 4 nitrogen and oxygen atoms in total. The van der Waals surface area contributed by atoms with Gasteiger partial charge in [0.25, 0.3) is 0 Å². The molecule has 2 rings (SSSR count). The van der Waals surface area contributed by atoms with E-state index in [9.17, 15) is 0 Å². The summed E-state index contributed by atoms with van der Waals surface area (Å²) in [5.74, 6) is 1.70. The van der Waals surface area contributed by atoms with Gasteiger partial charge in [-0.15, -0.1) is 0 Å². The Kier molecular flexibility index (Phi) is 6.67. The van der Waals surface area contributed by atoms with E-state index in [-0.39, 0.29) is 0 Å². The molecule has 0 saturated carbocycles. The zero-order valence-electron chi connectivity index (χ0n) is 15.0. The van der Waals surface area contributed by atoms with E-state index in [0.29, 0.717) is 6.54 Å². The number of methoxy groups -OCH3 is 1. The Morgan fingerprint density at radius 2 is 1.83 bits per heavy atom. The van der Waals surface area contributed by atoms with Crippen LogP contribution >= 0.6 is 0 Å². The van der Waals surface area contributed by atoms with E-state index in [4.69, 9.17) is 4.74 Å². The molecule has 128 valence electrons. The van der Waals surface area contributed by atoms with Crippen LogP contribution in [0.2, 0.25) is 0 Å². The SMILES string of the molecule is CN=C(NCCc1ccccc1C)NCc1ccc(C)cc1OC. The standard InChI is InChI=1S/C20H27N3O/c1-15-9-10-18(19(13-15)24-4)14-23-20(21-3)22-12-11-17-8-6-5-7-16(17)2/h5-10,13H,11-12,14H2,1-4H3,(H2,21,22,23). The second-order valence-electron chi connectivity index (χ2n) is 5.84. The van der Waals surface area contributed by atoms with Gasteiger partial charge in [-0.05, 0) is 43.0 Å². The maximum atomic E-state index is 5.44. The smallest absolute Gasteiger partial charge is 0.191 e. The second kappa shape index (κ2) is 8.96. The maximum absolute atomic E-state index is 5.44. The van der Waals surface area contributed by atoms with Crippen molar-refractivity contribution in [3.8, 4) is 5.75 Å². The summed E-state index contributed by atoms with van der Waals surface area (Å²) in [6.07, 6.45) is 0.973. The molecule has 0 fully saturated rings. The van der Waals surface area contributed by atoms with E-state index < -0.39 is 0 Å². The summed E-state index contributed by atoms with van der Waals surface area (Å²) < 4.78 is 5.44. The van der Waals surface area contributed by atoms with Crippen LogP contribution in [-0.4, -0.2) is 26.7 Å². The lowest BCUT2D eigenvalue weighted by Gasteiger charge is -2.14. The molecule has 0 atom stereocenters. The summed E-state index contributed by atoms with van der Waals surface area (Å²) in [7, 11) is 3.49. The number of nitrogens with zero attached hydrogens (tertiary/aromatic N) is 1. The molecular weight excluding hydrogens is 298 g/mol. The molecule has 0 heterocycles. The lowest BCUT2D eigenvalue weighted by Crippen LogP contribution is -2.38. The highest BCUT2D eigenvalue weighted by molar-refractivity contribution is 5.79. The zero-order valence-corrected chi connectivity index (χ0v) is 15.0. The van der Waals surface area contributed by atoms with Gasteiger partial charge in [0.1, 0.15) is 5.75 Å². The zero-order chi connectivity index (χ0) is 17.4. The van der Waals surface area contributed by atoms with Crippen molar-refractivity contribution < 1.29 is 4.74 Å². The summed E-state index contributed by atoms with van der Waals surface area (Å²) in [6.45, 7) is 5.72. The molecular formula is C20H27N3O. The molecule has 2 N–H and O–H groups in total. The molecule has 4 heteroatoms. The van der Waals surface area contributed by atoms with Crippen LogP contribution in [0.5, 0.6) is 5.75 Å². The van der Waals surface area contributed by atoms with Crippen LogP contribution in [0.3, 0.4) is 0 Å². The highest BCUT2D eigenvalue weighted by Gasteiger charge is 2.05. The van der Waals surface area contributed by atoms with Crippen molar-refractivity contribution in [2.24, 2.45) is 4.99 Å². The molecule has 0 amide bonds. The van der Waals surface area contributed by atoms with Gasteiger partial charge < -0.3 is 15.4 Å². The summed E-state index contributed by atoms with van der Waals surface area (Å²) in [5.41, 5.74) is 4.99. The first-order chi connectivity index (χ1) is 11.6. The van der Waals surface area contributed by atoms with Gasteiger partial charge in [0.2, 0.25) is 0 Å². The van der Waals surface area contributed by atoms with E-state index in [1.54, 1.807) is 14.2 Å². The Morgan fingerprint density at radius 3 is 2.54 bits per heavy atom. The number of ether oxygens (including phenoxy) is 1. The van der Waals surface area contributed by atoms with Crippen LogP contribution < -0.4 is 15.4 Å². The van der Waals surface area contributed by atoms with Crippen LogP contribution in [0.1, 0.15) is 22.3 Å². The van der Waals surface area contributed by atoms with Crippen molar-refractivity contribution >= 4 is 5.96 Å². The Bertz CT molecular complexity index is 695. The Balaban J connectivity index is 1.86. The number of nitrogens with one attached hydrogen (secondary N) is 2. The molecule has 2 aromatic carbocycles. The summed E-state index contributed by atoms with van der Waals surface area (Å²) in [4.78, 5) is 4.28. The van der Waals surface area contributed by atoms with Crippen molar-refractivity contribution in [2.45, 2.75) is 26.8 Å². The van der Waals surface area contributed by atoms with Crippen LogP contribution in [0.4, 0.5) is 0 Å². The van der Waals surface area contributed by atoms with Gasteiger partial charge in [0.15, 0.2) is 5.96 Å². The highest BCUT2D eigenvalue weighted by Crippen LogP contribution is 2.19. The van der Waals surface area contributed by atoms with Crippen LogP contribution in [0.25, 0.3) is 0 Å². The first-order valence-corrected chi connectivity index (χ1v) is 8.26. The number of aliphatic imine (C=N–C) groups is 1. The van der Waals surface area contributed by atoms with E-state index >= 15 is 0 Å². The molecule has 0 bridgehead atoms. The van der Waals surface area contributed by atoms with Gasteiger partial charge in [-0.3, -0.25) is 4.99 Å². The fourth-order valence-corrected chi connectivity index (χ4v) is 2.60. The molecule has 0 aliphatic heterocycles. The predicted molar refractivity (Wildman–Crippen MR) is 101 cm³/mol. The minimum absolute atomic E-state index is 0.674. The Hall–Kier alpha value is -2.49. The number of guanidine groups is 1. The predicted octanol–water partition coefficient (Wildman–Crippen LogP) is 3.22. The average molecular weight is 325 g/mol. The van der Waals surface area contributed by atoms with Crippen molar-refractivity contribution in [1.29, 1.82) is 0 Å². The molecule has 0 aliphatic rings. The van der Waals surface area contributed by atoms with E-state index in [0.717, 1.165) is 30.2 Å². The summed E-state index contributed by atoms with van der Waals surface area (Å²) in [6, 6.07) is 14.7. The quantitative estimate of drug-likeness (QED) is 0.633. The number of hydrogen-bond acceptors (Lipinski definition) is 2. The lowest BCUT2D eigenvalue weighted by atomic mass is 10.1. The largest absolute Gasteiger partial charge is 0.496 e. The van der Waals surface area contributed by atoms with Gasteiger partial charge in [0, 0.05) is 25.7 Å². The maximum Gasteiger partial charge on any atom is 0.191 e. The van der Waals surface area contributed by atoms with E-state index in [1.807, 2.05) is 6.07 Å². The summed E-state index contributed by atoms with van der Waals surface area (Å²) >= 11 is 0. The number of rotatable bonds is 6. The number of benzene rings is 2. The topological polar surface area (TPSA) is 45.7 Å². The minimum atomic E-state index is 0.674. The van der Waals surface area contributed by atoms with E-state index in [2.05, 4.69) is 65.9 Å². The van der Waals surface area contributed by atoms with Crippen LogP contribution in [0.15, 0.2) is 47.5 Å². The molecule has 0 aliphatic carbocycles. The number of hydrogen-bond donors (Lipinski definition) is 2. The van der Waals surface area contributed by atoms with Gasteiger partial charge >= 0.3 is 0 Å². The van der Waals surface area contributed by atoms with Gasteiger partial charge in [-0.25, -0.2) is 0 Å². The van der Waals surface area contributed by atoms with Crippen molar-refractivity contribution in [1.82, 2.24) is 10.6 Å². The average Bonchev–Trinajstić information content (AvgIpc) is 2.60. The molecule has 0 unspecified atom stereocenters. The monoisotopic (exact) mass is 325 g/mol. The van der Waals surface area contributed by atoms with Gasteiger partial charge in [-0.1, -0.05) is 36.4 Å². The first-order valence-electron chi connectivity index (χ1n) is 8.26. The second-order valence-corrected chi connectivity index (χ2v) is 5.84. The molecule has 0 spiro atoms. The fraction of sp³-hybridized carbons (Fsp3) is 0.350. The Morgan fingerprint density at radius 1 is 1.04 bits per heavy atom. The third-order valence-electron chi connectivity index (χ3n) is 4.06. The first kappa shape index (κ1) is 17.9. The lowest BCUT2D eigenvalue weighted by molar-refractivity contribution is 0.408. The third-order valence-corrected chi connectivity index (χ3v) is 4.06. The van der Waals surface area contributed by atoms with Crippen molar-refractivity contribution in [2.75, 3.05) is 20.7 Å². The van der Waals surface area contributed by atoms with Crippen molar-refractivity contribution in [3.63, 3.8) is 0 Å². The molecule has 24 heavy (non-hydrogen) atoms. The van der Waals surface area contributed by atoms with Gasteiger partial charge in [-0.2, -0.15) is 0 Å². The molecule has 0 saturated heterocycles. The number of aryl methyl sites for hydroxylation is 2. The highest BCUT2D eigenvalue weighted by atomic mass is 16.5. The van der Waals surface area contributed by atoms with Crippen molar-refractivity contribution in [3.05, 3.63) is 64.7 Å². The molecule has 0 aromatic heterocycles. The normalized spacial score (nSPS) is 11.2. The Labute approximate surface area is 145 Å². The fourth-order valence-electron chi connectivity index (χ4n) is 2.60. The molecule has 2 aromatic rings. The summed E-state index contributed by atoms with van der Waals surface area (Å²) in [5, 5.41) is 6.70. The minimum Gasteiger partial charge on any atom is -0.496 e. The van der Waals surface area contributed by atoms with E-state index in [1.165, 1.54) is 16.7 Å². The third kappa shape index (κ3) is 5.01. The molecule has 0 radical (unpaired) electrons. The van der Waals surface area contributed by atoms with Gasteiger partial charge in [0.05, 0.1) is 7.11 Å². The van der Waals surface area contributed by atoms with Crippen LogP contribution in [-0.2, 0) is 13.0 Å².